The molecule has 1 N–H and O–H groups in total. The van der Waals surface area contributed by atoms with Gasteiger partial charge in [0.2, 0.25) is 5.91 Å². The van der Waals surface area contributed by atoms with Crippen molar-refractivity contribution in [1.82, 2.24) is 19.7 Å². The highest BCUT2D eigenvalue weighted by molar-refractivity contribution is 8.00. The van der Waals surface area contributed by atoms with Crippen molar-refractivity contribution >= 4 is 34.1 Å². The molecule has 0 saturated heterocycles. The van der Waals surface area contributed by atoms with Crippen LogP contribution in [-0.2, 0) is 11.3 Å². The second kappa shape index (κ2) is 8.49. The van der Waals surface area contributed by atoms with E-state index in [1.54, 1.807) is 6.08 Å². The van der Waals surface area contributed by atoms with E-state index in [9.17, 15) is 4.79 Å². The maximum Gasteiger partial charge on any atom is 0.239 e. The third-order valence-electron chi connectivity index (χ3n) is 3.97. The maximum absolute atomic E-state index is 12.5. The van der Waals surface area contributed by atoms with Crippen molar-refractivity contribution in [3.8, 4) is 11.4 Å². The van der Waals surface area contributed by atoms with Crippen LogP contribution in [0.2, 0.25) is 0 Å². The number of hydrogen-bond donors (Lipinski definition) is 1. The number of rotatable bonds is 7. The van der Waals surface area contributed by atoms with E-state index in [4.69, 9.17) is 0 Å². The Balaban J connectivity index is 1.77. The zero-order chi connectivity index (χ0) is 19.4. The number of amides is 1. The van der Waals surface area contributed by atoms with Gasteiger partial charge in [-0.3, -0.25) is 9.36 Å². The number of nitrogens with zero attached hydrogens (tertiary/aromatic N) is 4. The first kappa shape index (κ1) is 19.3. The number of thioether (sulfide) groups is 1. The van der Waals surface area contributed by atoms with Crippen molar-refractivity contribution in [2.75, 3.05) is 5.32 Å². The molecule has 6 nitrogen and oxygen atoms in total. The summed E-state index contributed by atoms with van der Waals surface area (Å²) in [6, 6.07) is 9.86. The average Bonchev–Trinajstić information content (AvgIpc) is 3.19. The molecule has 0 aliphatic carbocycles. The molecule has 0 saturated carbocycles. The SMILES string of the molecule is C=CCn1c(S[C@@H](C)C(=O)Nc2nc(C)c(C)s2)nnc1-c1ccccc1. The van der Waals surface area contributed by atoms with Gasteiger partial charge in [-0.1, -0.05) is 48.2 Å². The molecule has 0 bridgehead atoms. The van der Waals surface area contributed by atoms with Gasteiger partial charge < -0.3 is 5.32 Å². The summed E-state index contributed by atoms with van der Waals surface area (Å²) in [6.45, 7) is 10.2. The van der Waals surface area contributed by atoms with Crippen LogP contribution in [0.4, 0.5) is 5.13 Å². The molecule has 1 aromatic carbocycles. The van der Waals surface area contributed by atoms with Crippen LogP contribution < -0.4 is 5.32 Å². The van der Waals surface area contributed by atoms with Crippen LogP contribution in [0.1, 0.15) is 17.5 Å². The van der Waals surface area contributed by atoms with Gasteiger partial charge in [-0.05, 0) is 20.8 Å². The van der Waals surface area contributed by atoms with E-state index in [-0.39, 0.29) is 11.2 Å². The van der Waals surface area contributed by atoms with Crippen LogP contribution in [0, 0.1) is 13.8 Å². The highest BCUT2D eigenvalue weighted by atomic mass is 32.2. The summed E-state index contributed by atoms with van der Waals surface area (Å²) in [7, 11) is 0. The summed E-state index contributed by atoms with van der Waals surface area (Å²) in [5, 5.41) is 12.5. The fourth-order valence-corrected chi connectivity index (χ4v) is 4.09. The second-order valence-corrected chi connectivity index (χ2v) is 8.49. The molecule has 0 spiro atoms. The van der Waals surface area contributed by atoms with Gasteiger partial charge in [-0.2, -0.15) is 0 Å². The van der Waals surface area contributed by atoms with E-state index in [1.807, 2.05) is 55.7 Å². The number of benzene rings is 1. The highest BCUT2D eigenvalue weighted by Gasteiger charge is 2.21. The third kappa shape index (κ3) is 4.45. The molecule has 2 heterocycles. The first-order valence-electron chi connectivity index (χ1n) is 8.50. The first-order valence-corrected chi connectivity index (χ1v) is 10.2. The molecule has 0 fully saturated rings. The van der Waals surface area contributed by atoms with Crippen molar-refractivity contribution in [3.63, 3.8) is 0 Å². The molecule has 0 unspecified atom stereocenters. The first-order chi connectivity index (χ1) is 13.0. The molecular formula is C19H21N5OS2. The normalized spacial score (nSPS) is 12.0. The van der Waals surface area contributed by atoms with Crippen LogP contribution >= 0.6 is 23.1 Å². The Morgan fingerprint density at radius 3 is 2.70 bits per heavy atom. The topological polar surface area (TPSA) is 72.7 Å². The van der Waals surface area contributed by atoms with Gasteiger partial charge in [-0.25, -0.2) is 4.98 Å². The summed E-state index contributed by atoms with van der Waals surface area (Å²) in [4.78, 5) is 18.0. The Bertz CT molecular complexity index is 929. The molecule has 3 rings (SSSR count). The number of carbonyl (C=O) groups is 1. The van der Waals surface area contributed by atoms with Crippen LogP contribution in [0.5, 0.6) is 0 Å². The number of anilines is 1. The van der Waals surface area contributed by atoms with Gasteiger partial charge in [0.05, 0.1) is 10.9 Å². The predicted molar refractivity (Wildman–Crippen MR) is 111 cm³/mol. The Morgan fingerprint density at radius 1 is 1.33 bits per heavy atom. The molecule has 140 valence electrons. The molecule has 3 aromatic rings. The number of thiazole rings is 1. The van der Waals surface area contributed by atoms with Crippen molar-refractivity contribution in [1.29, 1.82) is 0 Å². The van der Waals surface area contributed by atoms with Gasteiger partial charge >= 0.3 is 0 Å². The highest BCUT2D eigenvalue weighted by Crippen LogP contribution is 2.28. The molecule has 0 radical (unpaired) electrons. The summed E-state index contributed by atoms with van der Waals surface area (Å²) < 4.78 is 1.97. The molecule has 0 aliphatic heterocycles. The van der Waals surface area contributed by atoms with Crippen molar-refractivity contribution < 1.29 is 4.79 Å². The minimum Gasteiger partial charge on any atom is -0.301 e. The van der Waals surface area contributed by atoms with Gasteiger partial charge in [-0.15, -0.1) is 28.1 Å². The predicted octanol–water partition coefficient (Wildman–Crippen LogP) is 4.32. The maximum atomic E-state index is 12.5. The second-order valence-electron chi connectivity index (χ2n) is 5.98. The van der Waals surface area contributed by atoms with Gasteiger partial charge in [0.15, 0.2) is 16.1 Å². The zero-order valence-electron chi connectivity index (χ0n) is 15.5. The number of carbonyl (C=O) groups excluding carboxylic acids is 1. The Morgan fingerprint density at radius 2 is 2.07 bits per heavy atom. The van der Waals surface area contributed by atoms with E-state index in [0.29, 0.717) is 16.8 Å². The standard InChI is InChI=1S/C19H21N5OS2/c1-5-11-24-16(15-9-7-6-8-10-15)22-23-19(24)27-14(4)17(25)21-18-20-12(2)13(3)26-18/h5-10,14H,1,11H2,2-4H3,(H,20,21,25)/t14-/m0/s1. The molecular weight excluding hydrogens is 378 g/mol. The smallest absolute Gasteiger partial charge is 0.239 e. The van der Waals surface area contributed by atoms with E-state index in [2.05, 4.69) is 27.1 Å². The Kier molecular flexibility index (Phi) is 6.08. The van der Waals surface area contributed by atoms with Crippen LogP contribution in [0.25, 0.3) is 11.4 Å². The van der Waals surface area contributed by atoms with Crippen molar-refractivity contribution in [2.24, 2.45) is 0 Å². The fourth-order valence-electron chi connectivity index (χ4n) is 2.42. The van der Waals surface area contributed by atoms with E-state index < -0.39 is 0 Å². The third-order valence-corrected chi connectivity index (χ3v) is 6.04. The number of aryl methyl sites for hydroxylation is 2. The van der Waals surface area contributed by atoms with Gasteiger partial charge in [0.1, 0.15) is 0 Å². The summed E-state index contributed by atoms with van der Waals surface area (Å²) >= 11 is 2.85. The monoisotopic (exact) mass is 399 g/mol. The molecule has 27 heavy (non-hydrogen) atoms. The summed E-state index contributed by atoms with van der Waals surface area (Å²) in [5.74, 6) is 0.653. The minimum absolute atomic E-state index is 0.108. The molecule has 1 amide bonds. The van der Waals surface area contributed by atoms with E-state index in [0.717, 1.165) is 22.0 Å². The number of hydrogen-bond acceptors (Lipinski definition) is 6. The largest absolute Gasteiger partial charge is 0.301 e. The van der Waals surface area contributed by atoms with Gasteiger partial charge in [0.25, 0.3) is 0 Å². The van der Waals surface area contributed by atoms with Crippen molar-refractivity contribution in [2.45, 2.75) is 37.7 Å². The zero-order valence-corrected chi connectivity index (χ0v) is 17.1. The summed E-state index contributed by atoms with van der Waals surface area (Å²) in [6.07, 6.45) is 1.80. The lowest BCUT2D eigenvalue weighted by Gasteiger charge is -2.12. The number of allylic oxidation sites excluding steroid dienone is 1. The average molecular weight is 400 g/mol. The molecule has 8 heteroatoms. The lowest BCUT2D eigenvalue weighted by Crippen LogP contribution is -2.22. The lowest BCUT2D eigenvalue weighted by molar-refractivity contribution is -0.115. The van der Waals surface area contributed by atoms with Crippen LogP contribution in [0.15, 0.2) is 48.1 Å². The Labute approximate surface area is 166 Å². The van der Waals surface area contributed by atoms with Crippen molar-refractivity contribution in [3.05, 3.63) is 53.6 Å². The fraction of sp³-hybridized carbons (Fsp3) is 0.263. The van der Waals surface area contributed by atoms with E-state index in [1.165, 1.54) is 23.1 Å². The van der Waals surface area contributed by atoms with Crippen LogP contribution in [-0.4, -0.2) is 30.9 Å². The molecule has 0 aliphatic rings. The number of aromatic nitrogens is 4. The quantitative estimate of drug-likeness (QED) is 0.473. The van der Waals surface area contributed by atoms with Gasteiger partial charge in [0, 0.05) is 17.0 Å². The lowest BCUT2D eigenvalue weighted by atomic mass is 10.2. The Hall–Kier alpha value is -2.45. The molecule has 1 atom stereocenters. The number of nitrogens with one attached hydrogen (secondary N) is 1. The summed E-state index contributed by atoms with van der Waals surface area (Å²) in [5.41, 5.74) is 1.92. The van der Waals surface area contributed by atoms with E-state index >= 15 is 0 Å². The minimum atomic E-state index is -0.342. The van der Waals surface area contributed by atoms with Crippen LogP contribution in [0.3, 0.4) is 0 Å². The molecule has 2 aromatic heterocycles.